The van der Waals surface area contributed by atoms with Crippen LogP contribution in [-0.2, 0) is 0 Å². The van der Waals surface area contributed by atoms with Crippen LogP contribution < -0.4 is 0 Å². The lowest BCUT2D eigenvalue weighted by Crippen LogP contribution is -2.17. The first-order valence-corrected chi connectivity index (χ1v) is 4.97. The van der Waals surface area contributed by atoms with Crippen molar-refractivity contribution in [1.82, 2.24) is 0 Å². The van der Waals surface area contributed by atoms with Gasteiger partial charge in [0, 0.05) is 5.57 Å². The van der Waals surface area contributed by atoms with Crippen LogP contribution in [0, 0.1) is 27.4 Å². The minimum absolute atomic E-state index is 0.0259. The maximum atomic E-state index is 11.0. The summed E-state index contributed by atoms with van der Waals surface area (Å²) in [5.74, 6) is 0.283. The molecule has 2 aliphatic carbocycles. The van der Waals surface area contributed by atoms with Gasteiger partial charge in [-0.15, -0.1) is 0 Å². The number of nitrogens with zero attached hydrogens (tertiary/aromatic N) is 2. The molecule has 1 fully saturated rings. The average molecular weight is 210 g/mol. The lowest BCUT2D eigenvalue weighted by molar-refractivity contribution is -0.432. The van der Waals surface area contributed by atoms with Crippen molar-refractivity contribution in [2.75, 3.05) is 0 Å². The number of hydrogen-bond acceptors (Lipinski definition) is 4. The Bertz CT molecular complexity index is 395. The Morgan fingerprint density at radius 1 is 1.60 bits per heavy atom. The molecule has 0 aromatic heterocycles. The maximum absolute atomic E-state index is 11.0. The molecule has 2 aliphatic rings. The van der Waals surface area contributed by atoms with Gasteiger partial charge in [0.05, 0.1) is 16.6 Å². The highest BCUT2D eigenvalue weighted by molar-refractivity contribution is 6.01. The zero-order valence-electron chi connectivity index (χ0n) is 9.02. The molecule has 82 valence electrons. The Morgan fingerprint density at radius 2 is 2.20 bits per heavy atom. The third kappa shape index (κ3) is 1.19. The summed E-state index contributed by atoms with van der Waals surface area (Å²) in [6.07, 6.45) is 0.650. The van der Waals surface area contributed by atoms with Gasteiger partial charge in [-0.3, -0.25) is 10.1 Å². The first-order valence-electron chi connectivity index (χ1n) is 4.97. The molecule has 15 heavy (non-hydrogen) atoms. The average Bonchev–Trinajstić information content (AvgIpc) is 2.67. The third-order valence-corrected chi connectivity index (χ3v) is 3.89. The normalized spacial score (nSPS) is 35.3. The van der Waals surface area contributed by atoms with Gasteiger partial charge in [-0.1, -0.05) is 19.0 Å². The van der Waals surface area contributed by atoms with E-state index in [1.165, 1.54) is 0 Å². The number of hydrogen-bond donors (Lipinski definition) is 1. The van der Waals surface area contributed by atoms with Crippen LogP contribution in [0.5, 0.6) is 0 Å². The smallest absolute Gasteiger partial charge is 0.254 e. The molecular formula is C10H14N2O3. The highest BCUT2D eigenvalue weighted by atomic mass is 16.6. The van der Waals surface area contributed by atoms with E-state index in [4.69, 9.17) is 5.21 Å². The van der Waals surface area contributed by atoms with Gasteiger partial charge in [-0.25, -0.2) is 0 Å². The summed E-state index contributed by atoms with van der Waals surface area (Å²) in [5.41, 5.74) is 1.21. The standard InChI is InChI=1S/C10H14N2O3/c1-5-7(11-13)4-6-8(10(6,2)3)9(5)12(14)15/h6,8,13H,4H2,1-3H3/b11-7+/t6-,8-/m1/s1. The Hall–Kier alpha value is -1.39. The largest absolute Gasteiger partial charge is 0.411 e. The summed E-state index contributed by atoms with van der Waals surface area (Å²) in [6, 6.07) is 0. The van der Waals surface area contributed by atoms with E-state index < -0.39 is 0 Å². The summed E-state index contributed by atoms with van der Waals surface area (Å²) < 4.78 is 0. The quantitative estimate of drug-likeness (QED) is 0.408. The minimum atomic E-state index is -0.327. The lowest BCUT2D eigenvalue weighted by Gasteiger charge is -2.10. The van der Waals surface area contributed by atoms with E-state index in [0.717, 1.165) is 0 Å². The van der Waals surface area contributed by atoms with E-state index in [9.17, 15) is 10.1 Å². The van der Waals surface area contributed by atoms with Gasteiger partial charge in [0.15, 0.2) is 0 Å². The van der Waals surface area contributed by atoms with E-state index in [0.29, 0.717) is 17.7 Å². The summed E-state index contributed by atoms with van der Waals surface area (Å²) in [6.45, 7) is 5.72. The topological polar surface area (TPSA) is 75.7 Å². The predicted octanol–water partition coefficient (Wildman–Crippen LogP) is 2.04. The van der Waals surface area contributed by atoms with Gasteiger partial charge < -0.3 is 5.21 Å². The fourth-order valence-electron chi connectivity index (χ4n) is 2.78. The monoisotopic (exact) mass is 210 g/mol. The molecule has 0 aliphatic heterocycles. The van der Waals surface area contributed by atoms with E-state index in [2.05, 4.69) is 5.16 Å². The number of nitro groups is 1. The molecule has 0 saturated heterocycles. The molecule has 0 bridgehead atoms. The van der Waals surface area contributed by atoms with E-state index in [1.807, 2.05) is 13.8 Å². The highest BCUT2D eigenvalue weighted by Crippen LogP contribution is 2.65. The molecule has 0 heterocycles. The molecule has 0 amide bonds. The molecule has 0 aromatic rings. The predicted molar refractivity (Wildman–Crippen MR) is 54.3 cm³/mol. The van der Waals surface area contributed by atoms with Crippen molar-refractivity contribution in [1.29, 1.82) is 0 Å². The van der Waals surface area contributed by atoms with E-state index in [1.54, 1.807) is 6.92 Å². The lowest BCUT2D eigenvalue weighted by atomic mass is 9.96. The van der Waals surface area contributed by atoms with Crippen molar-refractivity contribution in [3.05, 3.63) is 21.4 Å². The van der Waals surface area contributed by atoms with Crippen LogP contribution in [0.25, 0.3) is 0 Å². The van der Waals surface area contributed by atoms with Crippen molar-refractivity contribution in [3.63, 3.8) is 0 Å². The van der Waals surface area contributed by atoms with Crippen LogP contribution in [0.3, 0.4) is 0 Å². The van der Waals surface area contributed by atoms with Gasteiger partial charge in [-0.05, 0) is 24.7 Å². The first kappa shape index (κ1) is 10.1. The van der Waals surface area contributed by atoms with Crippen LogP contribution in [0.15, 0.2) is 16.4 Å². The SMILES string of the molecule is CC1=C([N+](=O)[O-])[C@H]2[C@@H](C/C1=N\O)C2(C)C. The summed E-state index contributed by atoms with van der Waals surface area (Å²) in [7, 11) is 0. The van der Waals surface area contributed by atoms with E-state index in [-0.39, 0.29) is 27.9 Å². The molecule has 5 nitrogen and oxygen atoms in total. The molecule has 5 heteroatoms. The van der Waals surface area contributed by atoms with Gasteiger partial charge >= 0.3 is 0 Å². The van der Waals surface area contributed by atoms with Gasteiger partial charge in [0.25, 0.3) is 5.70 Å². The second-order valence-electron chi connectivity index (χ2n) is 4.92. The van der Waals surface area contributed by atoms with Crippen LogP contribution in [0.1, 0.15) is 27.2 Å². The minimum Gasteiger partial charge on any atom is -0.411 e. The molecule has 0 unspecified atom stereocenters. The molecule has 1 saturated carbocycles. The zero-order valence-corrected chi connectivity index (χ0v) is 9.02. The maximum Gasteiger partial charge on any atom is 0.254 e. The Morgan fingerprint density at radius 3 is 2.67 bits per heavy atom. The molecule has 0 radical (unpaired) electrons. The van der Waals surface area contributed by atoms with Crippen LogP contribution in [-0.4, -0.2) is 15.8 Å². The summed E-state index contributed by atoms with van der Waals surface area (Å²) in [5, 5.41) is 22.9. The number of oxime groups is 1. The second kappa shape index (κ2) is 2.81. The fraction of sp³-hybridized carbons (Fsp3) is 0.700. The van der Waals surface area contributed by atoms with Crippen molar-refractivity contribution in [3.8, 4) is 0 Å². The summed E-state index contributed by atoms with van der Waals surface area (Å²) >= 11 is 0. The molecule has 2 atom stereocenters. The van der Waals surface area contributed by atoms with Crippen molar-refractivity contribution >= 4 is 5.71 Å². The number of allylic oxidation sites excluding steroid dienone is 2. The Kier molecular flexibility index (Phi) is 1.90. The number of fused-ring (bicyclic) bond motifs is 1. The highest BCUT2D eigenvalue weighted by Gasteiger charge is 2.66. The Labute approximate surface area is 87.6 Å². The summed E-state index contributed by atoms with van der Waals surface area (Å²) in [4.78, 5) is 10.6. The van der Waals surface area contributed by atoms with E-state index >= 15 is 0 Å². The van der Waals surface area contributed by atoms with Crippen LogP contribution >= 0.6 is 0 Å². The molecule has 2 rings (SSSR count). The van der Waals surface area contributed by atoms with Gasteiger partial charge in [0.1, 0.15) is 0 Å². The van der Waals surface area contributed by atoms with Crippen LogP contribution in [0.2, 0.25) is 0 Å². The van der Waals surface area contributed by atoms with Crippen molar-refractivity contribution in [2.24, 2.45) is 22.4 Å². The fourth-order valence-corrected chi connectivity index (χ4v) is 2.78. The van der Waals surface area contributed by atoms with Crippen molar-refractivity contribution in [2.45, 2.75) is 27.2 Å². The first-order chi connectivity index (χ1) is 6.91. The molecular weight excluding hydrogens is 196 g/mol. The zero-order chi connectivity index (χ0) is 11.4. The van der Waals surface area contributed by atoms with Gasteiger partial charge in [0.2, 0.25) is 0 Å². The molecule has 1 N–H and O–H groups in total. The molecule has 0 spiro atoms. The number of rotatable bonds is 1. The molecule has 0 aromatic carbocycles. The third-order valence-electron chi connectivity index (χ3n) is 3.89. The second-order valence-corrected chi connectivity index (χ2v) is 4.92. The Balaban J connectivity index is 2.49. The van der Waals surface area contributed by atoms with Gasteiger partial charge in [-0.2, -0.15) is 0 Å². The van der Waals surface area contributed by atoms with Crippen LogP contribution in [0.4, 0.5) is 0 Å². The van der Waals surface area contributed by atoms with Crippen molar-refractivity contribution < 1.29 is 10.1 Å².